The average molecular weight is 319 g/mol. The molecule has 126 valence electrons. The third kappa shape index (κ3) is 2.32. The zero-order chi connectivity index (χ0) is 16.2. The van der Waals surface area contributed by atoms with Crippen LogP contribution in [0.1, 0.15) is 52.4 Å². The van der Waals surface area contributed by atoms with Crippen LogP contribution in [0.5, 0.6) is 0 Å². The molecule has 4 rings (SSSR count). The molecule has 23 heavy (non-hydrogen) atoms. The number of fused-ring (bicyclic) bond motifs is 2. The molecule has 0 N–H and O–H groups in total. The molecule has 4 aliphatic heterocycles. The summed E-state index contributed by atoms with van der Waals surface area (Å²) in [6.45, 7) is 4.80. The van der Waals surface area contributed by atoms with Gasteiger partial charge in [-0.25, -0.2) is 4.79 Å². The Bertz CT molecular complexity index is 571. The van der Waals surface area contributed by atoms with Crippen molar-refractivity contribution in [3.8, 4) is 0 Å². The van der Waals surface area contributed by atoms with Gasteiger partial charge in [-0.2, -0.15) is 0 Å². The van der Waals surface area contributed by atoms with Gasteiger partial charge in [-0.05, 0) is 58.1 Å². The predicted molar refractivity (Wildman–Crippen MR) is 83.6 cm³/mol. The smallest absolute Gasteiger partial charge is 0.334 e. The van der Waals surface area contributed by atoms with Gasteiger partial charge in [0.1, 0.15) is 11.7 Å². The van der Waals surface area contributed by atoms with Gasteiger partial charge < -0.3 is 9.47 Å². The van der Waals surface area contributed by atoms with Crippen molar-refractivity contribution < 1.29 is 19.1 Å². The maximum atomic E-state index is 12.0. The van der Waals surface area contributed by atoms with Crippen LogP contribution in [-0.2, 0) is 19.1 Å². The fourth-order valence-corrected chi connectivity index (χ4v) is 4.99. The lowest BCUT2D eigenvalue weighted by Crippen LogP contribution is -2.52. The first-order valence-electron chi connectivity index (χ1n) is 8.89. The fraction of sp³-hybridized carbons (Fsp3) is 0.778. The normalized spacial score (nSPS) is 44.0. The van der Waals surface area contributed by atoms with Crippen LogP contribution in [0.3, 0.4) is 0 Å². The zero-order valence-electron chi connectivity index (χ0n) is 13.9. The molecule has 3 saturated heterocycles. The van der Waals surface area contributed by atoms with Crippen molar-refractivity contribution in [1.82, 2.24) is 4.90 Å². The lowest BCUT2D eigenvalue weighted by atomic mass is 9.88. The summed E-state index contributed by atoms with van der Waals surface area (Å²) in [7, 11) is 0. The number of esters is 2. The van der Waals surface area contributed by atoms with E-state index in [4.69, 9.17) is 9.47 Å². The molecule has 0 bridgehead atoms. The number of carbonyl (C=O) groups is 2. The predicted octanol–water partition coefficient (Wildman–Crippen LogP) is 2.20. The first-order chi connectivity index (χ1) is 11.0. The first-order valence-corrected chi connectivity index (χ1v) is 8.89. The molecule has 0 aromatic rings. The second-order valence-electron chi connectivity index (χ2n) is 7.64. The number of hydrogen-bond acceptors (Lipinski definition) is 5. The molecule has 0 saturated carbocycles. The van der Waals surface area contributed by atoms with E-state index < -0.39 is 5.60 Å². The van der Waals surface area contributed by atoms with Crippen molar-refractivity contribution in [3.05, 3.63) is 11.6 Å². The molecule has 1 spiro atoms. The highest BCUT2D eigenvalue weighted by molar-refractivity contribution is 5.91. The summed E-state index contributed by atoms with van der Waals surface area (Å²) >= 11 is 0. The van der Waals surface area contributed by atoms with E-state index in [0.717, 1.165) is 50.6 Å². The summed E-state index contributed by atoms with van der Waals surface area (Å²) in [5.41, 5.74) is 0.275. The summed E-state index contributed by atoms with van der Waals surface area (Å²) in [4.78, 5) is 26.3. The van der Waals surface area contributed by atoms with Crippen LogP contribution in [0, 0.1) is 5.92 Å². The van der Waals surface area contributed by atoms with E-state index in [-0.39, 0.29) is 36.0 Å². The molecule has 0 aromatic carbocycles. The van der Waals surface area contributed by atoms with Crippen LogP contribution in [0.25, 0.3) is 0 Å². The Hall–Kier alpha value is -1.36. The van der Waals surface area contributed by atoms with Crippen molar-refractivity contribution in [3.63, 3.8) is 0 Å². The standard InChI is InChI=1S/C18H25NO4/c1-11-9-14(22-16(11)20)13-5-6-15-18(7-3-4-8-19(13)15)10-12(2)17(21)23-18/h10-11,13-15H,3-9H2,1-2H3/t11-,13-,14-,15+,18+/m0/s1. The summed E-state index contributed by atoms with van der Waals surface area (Å²) < 4.78 is 11.5. The molecule has 0 aromatic heterocycles. The van der Waals surface area contributed by atoms with Gasteiger partial charge >= 0.3 is 11.9 Å². The quantitative estimate of drug-likeness (QED) is 0.694. The molecular formula is C18H25NO4. The largest absolute Gasteiger partial charge is 0.460 e. The molecule has 5 nitrogen and oxygen atoms in total. The van der Waals surface area contributed by atoms with Gasteiger partial charge in [-0.1, -0.05) is 6.92 Å². The Balaban J connectivity index is 1.60. The van der Waals surface area contributed by atoms with E-state index in [1.54, 1.807) is 0 Å². The number of carbonyl (C=O) groups excluding carboxylic acids is 2. The van der Waals surface area contributed by atoms with Crippen molar-refractivity contribution in [2.24, 2.45) is 5.92 Å². The van der Waals surface area contributed by atoms with Crippen LogP contribution in [0.2, 0.25) is 0 Å². The van der Waals surface area contributed by atoms with Crippen LogP contribution in [0.15, 0.2) is 11.6 Å². The molecule has 4 aliphatic rings. The molecule has 5 atom stereocenters. The van der Waals surface area contributed by atoms with Gasteiger partial charge in [-0.15, -0.1) is 0 Å². The number of rotatable bonds is 1. The average Bonchev–Trinajstić information content (AvgIpc) is 3.11. The molecule has 0 radical (unpaired) electrons. The van der Waals surface area contributed by atoms with Gasteiger partial charge in [0.2, 0.25) is 0 Å². The Morgan fingerprint density at radius 3 is 2.74 bits per heavy atom. The van der Waals surface area contributed by atoms with Crippen LogP contribution >= 0.6 is 0 Å². The molecular weight excluding hydrogens is 294 g/mol. The van der Waals surface area contributed by atoms with Crippen molar-refractivity contribution in [2.75, 3.05) is 6.54 Å². The Morgan fingerprint density at radius 1 is 1.26 bits per heavy atom. The topological polar surface area (TPSA) is 55.8 Å². The van der Waals surface area contributed by atoms with E-state index in [2.05, 4.69) is 11.0 Å². The lowest BCUT2D eigenvalue weighted by Gasteiger charge is -2.38. The van der Waals surface area contributed by atoms with Crippen LogP contribution in [0.4, 0.5) is 0 Å². The molecule has 5 heteroatoms. The van der Waals surface area contributed by atoms with Crippen molar-refractivity contribution in [1.29, 1.82) is 0 Å². The molecule has 0 amide bonds. The highest BCUT2D eigenvalue weighted by atomic mass is 16.6. The number of cyclic esters (lactones) is 1. The van der Waals surface area contributed by atoms with E-state index >= 15 is 0 Å². The van der Waals surface area contributed by atoms with Gasteiger partial charge in [0.05, 0.1) is 12.0 Å². The molecule has 0 aliphatic carbocycles. The maximum Gasteiger partial charge on any atom is 0.334 e. The van der Waals surface area contributed by atoms with E-state index in [1.165, 1.54) is 0 Å². The number of nitrogens with zero attached hydrogens (tertiary/aromatic N) is 1. The molecule has 3 fully saturated rings. The highest BCUT2D eigenvalue weighted by Crippen LogP contribution is 2.45. The molecule has 0 unspecified atom stereocenters. The summed E-state index contributed by atoms with van der Waals surface area (Å²) in [6, 6.07) is 0.503. The van der Waals surface area contributed by atoms with Gasteiger partial charge in [0.25, 0.3) is 0 Å². The summed E-state index contributed by atoms with van der Waals surface area (Å²) in [5, 5.41) is 0. The minimum absolute atomic E-state index is 0.000156. The van der Waals surface area contributed by atoms with Crippen molar-refractivity contribution >= 4 is 11.9 Å². The van der Waals surface area contributed by atoms with Crippen LogP contribution < -0.4 is 0 Å². The Labute approximate surface area is 137 Å². The fourth-order valence-electron chi connectivity index (χ4n) is 4.99. The van der Waals surface area contributed by atoms with Gasteiger partial charge in [0, 0.05) is 11.6 Å². The Morgan fingerprint density at radius 2 is 2.09 bits per heavy atom. The zero-order valence-corrected chi connectivity index (χ0v) is 13.9. The highest BCUT2D eigenvalue weighted by Gasteiger charge is 2.54. The monoisotopic (exact) mass is 319 g/mol. The van der Waals surface area contributed by atoms with Gasteiger partial charge in [0.15, 0.2) is 0 Å². The van der Waals surface area contributed by atoms with E-state index in [0.29, 0.717) is 0 Å². The third-order valence-electron chi connectivity index (χ3n) is 6.11. The summed E-state index contributed by atoms with van der Waals surface area (Å²) in [5.74, 6) is -0.228. The SMILES string of the molecule is CC1=C[C@@]2(CCCCN3[C@H]([C@@H]4C[C@H](C)C(=O)O4)CC[C@@H]32)OC1=O. The van der Waals surface area contributed by atoms with Crippen molar-refractivity contribution in [2.45, 2.75) is 76.2 Å². The van der Waals surface area contributed by atoms with Gasteiger partial charge in [-0.3, -0.25) is 9.69 Å². The minimum Gasteiger partial charge on any atom is -0.460 e. The van der Waals surface area contributed by atoms with E-state index in [9.17, 15) is 9.59 Å². The van der Waals surface area contributed by atoms with Crippen LogP contribution in [-0.4, -0.2) is 47.2 Å². The summed E-state index contributed by atoms with van der Waals surface area (Å²) in [6.07, 6.45) is 7.97. The minimum atomic E-state index is -0.458. The number of hydrogen-bond donors (Lipinski definition) is 0. The maximum absolute atomic E-state index is 12.0. The number of ether oxygens (including phenoxy) is 2. The van der Waals surface area contributed by atoms with E-state index in [1.807, 2.05) is 13.8 Å². The second-order valence-corrected chi connectivity index (χ2v) is 7.64. The lowest BCUT2D eigenvalue weighted by molar-refractivity contribution is -0.152. The second kappa shape index (κ2) is 5.33. The molecule has 4 heterocycles. The Kier molecular flexibility index (Phi) is 3.52. The third-order valence-corrected chi connectivity index (χ3v) is 6.11. The first kappa shape index (κ1) is 15.2.